The summed E-state index contributed by atoms with van der Waals surface area (Å²) in [4.78, 5) is 11.9. The van der Waals surface area contributed by atoms with Gasteiger partial charge in [-0.1, -0.05) is 0 Å². The van der Waals surface area contributed by atoms with Crippen molar-refractivity contribution in [1.29, 1.82) is 0 Å². The Morgan fingerprint density at radius 1 is 1.40 bits per heavy atom. The van der Waals surface area contributed by atoms with E-state index in [2.05, 4.69) is 0 Å². The first-order chi connectivity index (χ1) is 4.79. The lowest BCUT2D eigenvalue weighted by Crippen LogP contribution is -2.20. The number of nitrogens with zero attached hydrogens (tertiary/aromatic N) is 1. The van der Waals surface area contributed by atoms with Gasteiger partial charge in [0.2, 0.25) is 0 Å². The zero-order valence-electron chi connectivity index (χ0n) is 5.75. The summed E-state index contributed by atoms with van der Waals surface area (Å²) in [6.07, 6.45) is 4.99. The largest absolute Gasteiger partial charge is 0.545 e. The second kappa shape index (κ2) is 3.25. The van der Waals surface area contributed by atoms with Crippen LogP contribution in [-0.2, 0) is 4.79 Å². The molecule has 1 heterocycles. The molecule has 56 valence electrons. The SMILES string of the molecule is O=C([O-])/C=C/N1CCCC1. The molecule has 0 unspecified atom stereocenters. The molecule has 10 heavy (non-hydrogen) atoms. The van der Waals surface area contributed by atoms with Crippen molar-refractivity contribution in [3.05, 3.63) is 12.3 Å². The quantitative estimate of drug-likeness (QED) is 0.478. The lowest BCUT2D eigenvalue weighted by Gasteiger charge is -2.09. The van der Waals surface area contributed by atoms with Crippen molar-refractivity contribution < 1.29 is 9.90 Å². The van der Waals surface area contributed by atoms with Gasteiger partial charge in [-0.25, -0.2) is 0 Å². The topological polar surface area (TPSA) is 43.4 Å². The second-order valence-corrected chi connectivity index (χ2v) is 2.38. The Morgan fingerprint density at radius 2 is 2.00 bits per heavy atom. The highest BCUT2D eigenvalue weighted by molar-refractivity contribution is 5.77. The number of hydrogen-bond donors (Lipinski definition) is 0. The molecule has 0 aromatic carbocycles. The van der Waals surface area contributed by atoms with E-state index >= 15 is 0 Å². The minimum absolute atomic E-state index is 0.976. The maximum atomic E-state index is 9.93. The van der Waals surface area contributed by atoms with Crippen molar-refractivity contribution in [2.24, 2.45) is 0 Å². The first-order valence-corrected chi connectivity index (χ1v) is 3.42. The third-order valence-corrected chi connectivity index (χ3v) is 1.56. The predicted octanol–water partition coefficient (Wildman–Crippen LogP) is -0.654. The fraction of sp³-hybridized carbons (Fsp3) is 0.571. The fourth-order valence-corrected chi connectivity index (χ4v) is 1.06. The van der Waals surface area contributed by atoms with Gasteiger partial charge in [-0.3, -0.25) is 0 Å². The van der Waals surface area contributed by atoms with E-state index in [-0.39, 0.29) is 0 Å². The average molecular weight is 140 g/mol. The monoisotopic (exact) mass is 140 g/mol. The molecule has 1 aliphatic rings. The standard InChI is InChI=1S/C7H11NO2/c9-7(10)3-6-8-4-1-2-5-8/h3,6H,1-2,4-5H2,(H,9,10)/p-1/b6-3+. The molecule has 0 radical (unpaired) electrons. The number of carboxylic acid groups (broad SMARTS) is 1. The van der Waals surface area contributed by atoms with Crippen LogP contribution in [0.5, 0.6) is 0 Å². The van der Waals surface area contributed by atoms with E-state index in [1.807, 2.05) is 4.90 Å². The molecule has 0 saturated carbocycles. The Balaban J connectivity index is 2.29. The van der Waals surface area contributed by atoms with E-state index in [0.717, 1.165) is 32.0 Å². The molecule has 0 aromatic rings. The lowest BCUT2D eigenvalue weighted by molar-refractivity contribution is -0.297. The number of carboxylic acids is 1. The van der Waals surface area contributed by atoms with Crippen LogP contribution < -0.4 is 5.11 Å². The molecule has 0 bridgehead atoms. The first kappa shape index (κ1) is 7.12. The van der Waals surface area contributed by atoms with Gasteiger partial charge in [0.05, 0.1) is 5.97 Å². The molecule has 0 atom stereocenters. The molecule has 1 rings (SSSR count). The summed E-state index contributed by atoms with van der Waals surface area (Å²) in [5.41, 5.74) is 0. The minimum atomic E-state index is -1.12. The number of carbonyl (C=O) groups is 1. The Morgan fingerprint density at radius 3 is 2.50 bits per heavy atom. The highest BCUT2D eigenvalue weighted by atomic mass is 16.4. The summed E-state index contributed by atoms with van der Waals surface area (Å²) in [5.74, 6) is -1.12. The molecule has 1 aliphatic heterocycles. The van der Waals surface area contributed by atoms with Gasteiger partial charge < -0.3 is 14.8 Å². The van der Waals surface area contributed by atoms with Crippen molar-refractivity contribution in [3.63, 3.8) is 0 Å². The number of rotatable bonds is 2. The van der Waals surface area contributed by atoms with Gasteiger partial charge in [0.15, 0.2) is 0 Å². The van der Waals surface area contributed by atoms with Crippen LogP contribution in [0.3, 0.4) is 0 Å². The van der Waals surface area contributed by atoms with Crippen molar-refractivity contribution >= 4 is 5.97 Å². The average Bonchev–Trinajstić information content (AvgIpc) is 2.34. The molecule has 0 spiro atoms. The van der Waals surface area contributed by atoms with E-state index < -0.39 is 5.97 Å². The van der Waals surface area contributed by atoms with Crippen LogP contribution in [0.4, 0.5) is 0 Å². The summed E-state index contributed by atoms with van der Waals surface area (Å²) in [6.45, 7) is 1.95. The maximum absolute atomic E-state index is 9.93. The molecule has 0 N–H and O–H groups in total. The van der Waals surface area contributed by atoms with Gasteiger partial charge >= 0.3 is 0 Å². The second-order valence-electron chi connectivity index (χ2n) is 2.38. The zero-order valence-corrected chi connectivity index (χ0v) is 5.75. The van der Waals surface area contributed by atoms with Crippen molar-refractivity contribution in [1.82, 2.24) is 4.90 Å². The highest BCUT2D eigenvalue weighted by Crippen LogP contribution is 2.06. The molecule has 1 saturated heterocycles. The van der Waals surface area contributed by atoms with Crippen molar-refractivity contribution in [2.75, 3.05) is 13.1 Å². The molecule has 3 heteroatoms. The number of hydrogen-bond acceptors (Lipinski definition) is 3. The van der Waals surface area contributed by atoms with Crippen LogP contribution >= 0.6 is 0 Å². The van der Waals surface area contributed by atoms with E-state index in [4.69, 9.17) is 0 Å². The maximum Gasteiger partial charge on any atom is 0.0657 e. The third kappa shape index (κ3) is 2.09. The molecule has 0 aromatic heterocycles. The highest BCUT2D eigenvalue weighted by Gasteiger charge is 2.05. The molecule has 0 aliphatic carbocycles. The zero-order chi connectivity index (χ0) is 7.40. The van der Waals surface area contributed by atoms with Crippen LogP contribution in [0.2, 0.25) is 0 Å². The van der Waals surface area contributed by atoms with Crippen LogP contribution in [0.15, 0.2) is 12.3 Å². The van der Waals surface area contributed by atoms with Gasteiger partial charge in [-0.05, 0) is 18.9 Å². The molecule has 1 fully saturated rings. The van der Waals surface area contributed by atoms with Crippen LogP contribution in [0.1, 0.15) is 12.8 Å². The van der Waals surface area contributed by atoms with Crippen molar-refractivity contribution in [3.8, 4) is 0 Å². The summed E-state index contributed by atoms with van der Waals surface area (Å²) in [7, 11) is 0. The van der Waals surface area contributed by atoms with Gasteiger partial charge in [-0.15, -0.1) is 0 Å². The molecular formula is C7H10NO2-. The van der Waals surface area contributed by atoms with E-state index in [0.29, 0.717) is 0 Å². The van der Waals surface area contributed by atoms with Gasteiger partial charge in [0.25, 0.3) is 0 Å². The Bertz CT molecular complexity index is 148. The summed E-state index contributed by atoms with van der Waals surface area (Å²) >= 11 is 0. The summed E-state index contributed by atoms with van der Waals surface area (Å²) < 4.78 is 0. The number of carbonyl (C=O) groups excluding carboxylic acids is 1. The van der Waals surface area contributed by atoms with Crippen molar-refractivity contribution in [2.45, 2.75) is 12.8 Å². The fourth-order valence-electron chi connectivity index (χ4n) is 1.06. The van der Waals surface area contributed by atoms with E-state index in [1.54, 1.807) is 6.20 Å². The number of aliphatic carboxylic acids is 1. The Labute approximate surface area is 59.9 Å². The Hall–Kier alpha value is -0.990. The van der Waals surface area contributed by atoms with Crippen LogP contribution in [-0.4, -0.2) is 24.0 Å². The molecular weight excluding hydrogens is 130 g/mol. The van der Waals surface area contributed by atoms with E-state index in [1.165, 1.54) is 0 Å². The first-order valence-electron chi connectivity index (χ1n) is 3.42. The summed E-state index contributed by atoms with van der Waals surface area (Å²) in [5, 5.41) is 9.93. The van der Waals surface area contributed by atoms with Crippen LogP contribution in [0, 0.1) is 0 Å². The lowest BCUT2D eigenvalue weighted by atomic mass is 10.4. The summed E-state index contributed by atoms with van der Waals surface area (Å²) in [6, 6.07) is 0. The minimum Gasteiger partial charge on any atom is -0.545 e. The molecule has 0 amide bonds. The van der Waals surface area contributed by atoms with Crippen LogP contribution in [0.25, 0.3) is 0 Å². The Kier molecular flexibility index (Phi) is 2.31. The normalized spacial score (nSPS) is 18.6. The number of likely N-dealkylation sites (tertiary alicyclic amines) is 1. The van der Waals surface area contributed by atoms with Gasteiger partial charge in [0, 0.05) is 19.3 Å². The van der Waals surface area contributed by atoms with Gasteiger partial charge in [0.1, 0.15) is 0 Å². The predicted molar refractivity (Wildman–Crippen MR) is 35.0 cm³/mol. The third-order valence-electron chi connectivity index (χ3n) is 1.56. The van der Waals surface area contributed by atoms with E-state index in [9.17, 15) is 9.90 Å². The molecule has 3 nitrogen and oxygen atoms in total. The van der Waals surface area contributed by atoms with Gasteiger partial charge in [-0.2, -0.15) is 0 Å². The smallest absolute Gasteiger partial charge is 0.0657 e.